The maximum absolute atomic E-state index is 12.4. The lowest BCUT2D eigenvalue weighted by Gasteiger charge is -2.27. The van der Waals surface area contributed by atoms with Gasteiger partial charge in [0.2, 0.25) is 5.91 Å². The Labute approximate surface area is 138 Å². The van der Waals surface area contributed by atoms with Gasteiger partial charge in [0, 0.05) is 31.7 Å². The van der Waals surface area contributed by atoms with Gasteiger partial charge in [-0.1, -0.05) is 30.3 Å². The smallest absolute Gasteiger partial charge is 0.317 e. The van der Waals surface area contributed by atoms with Crippen LogP contribution in [0.15, 0.2) is 30.3 Å². The van der Waals surface area contributed by atoms with E-state index in [-0.39, 0.29) is 17.5 Å². The summed E-state index contributed by atoms with van der Waals surface area (Å²) in [5, 5.41) is 2.98. The van der Waals surface area contributed by atoms with Crippen LogP contribution in [0.25, 0.3) is 0 Å². The van der Waals surface area contributed by atoms with Gasteiger partial charge >= 0.3 is 6.03 Å². The van der Waals surface area contributed by atoms with E-state index in [1.165, 1.54) is 0 Å². The molecular formula is C18H27N3O2. The molecule has 1 N–H and O–H groups in total. The zero-order valence-electron chi connectivity index (χ0n) is 14.3. The molecule has 0 saturated carbocycles. The number of hydrogen-bond donors (Lipinski definition) is 1. The molecule has 0 radical (unpaired) electrons. The fourth-order valence-electron chi connectivity index (χ4n) is 2.65. The maximum Gasteiger partial charge on any atom is 0.317 e. The number of rotatable bonds is 2. The van der Waals surface area contributed by atoms with Crippen LogP contribution in [0.4, 0.5) is 4.79 Å². The number of carbonyl (C=O) groups is 2. The highest BCUT2D eigenvalue weighted by molar-refractivity contribution is 5.79. The molecule has 126 valence electrons. The van der Waals surface area contributed by atoms with Crippen LogP contribution in [0, 0.1) is 0 Å². The third-order valence-electron chi connectivity index (χ3n) is 3.82. The quantitative estimate of drug-likeness (QED) is 0.910. The van der Waals surface area contributed by atoms with E-state index in [0.717, 1.165) is 12.0 Å². The third kappa shape index (κ3) is 5.58. The molecule has 0 bridgehead atoms. The van der Waals surface area contributed by atoms with E-state index in [9.17, 15) is 9.59 Å². The van der Waals surface area contributed by atoms with Crippen molar-refractivity contribution in [2.75, 3.05) is 26.2 Å². The minimum atomic E-state index is -0.244. The molecule has 0 aromatic heterocycles. The lowest BCUT2D eigenvalue weighted by molar-refractivity contribution is -0.130. The zero-order valence-corrected chi connectivity index (χ0v) is 14.3. The summed E-state index contributed by atoms with van der Waals surface area (Å²) < 4.78 is 0. The molecular weight excluding hydrogens is 290 g/mol. The highest BCUT2D eigenvalue weighted by atomic mass is 16.2. The van der Waals surface area contributed by atoms with E-state index < -0.39 is 0 Å². The largest absolute Gasteiger partial charge is 0.341 e. The third-order valence-corrected chi connectivity index (χ3v) is 3.82. The maximum atomic E-state index is 12.4. The molecule has 0 aliphatic carbocycles. The van der Waals surface area contributed by atoms with Gasteiger partial charge in [-0.3, -0.25) is 4.79 Å². The second-order valence-corrected chi connectivity index (χ2v) is 7.06. The molecule has 1 aromatic carbocycles. The van der Waals surface area contributed by atoms with E-state index in [0.29, 0.717) is 32.6 Å². The van der Waals surface area contributed by atoms with Crippen molar-refractivity contribution in [3.05, 3.63) is 35.9 Å². The summed E-state index contributed by atoms with van der Waals surface area (Å²) in [4.78, 5) is 28.4. The first-order valence-corrected chi connectivity index (χ1v) is 8.24. The molecule has 1 aliphatic rings. The predicted molar refractivity (Wildman–Crippen MR) is 91.2 cm³/mol. The van der Waals surface area contributed by atoms with Crippen molar-refractivity contribution >= 4 is 11.9 Å². The first-order valence-electron chi connectivity index (χ1n) is 8.24. The van der Waals surface area contributed by atoms with Crippen molar-refractivity contribution in [3.8, 4) is 0 Å². The first-order chi connectivity index (χ1) is 10.8. The molecule has 5 heteroatoms. The molecule has 5 nitrogen and oxygen atoms in total. The van der Waals surface area contributed by atoms with Crippen LogP contribution in [-0.4, -0.2) is 53.5 Å². The van der Waals surface area contributed by atoms with E-state index in [2.05, 4.69) is 5.32 Å². The monoisotopic (exact) mass is 317 g/mol. The van der Waals surface area contributed by atoms with Crippen LogP contribution in [0.3, 0.4) is 0 Å². The Hall–Kier alpha value is -2.04. The summed E-state index contributed by atoms with van der Waals surface area (Å²) in [6, 6.07) is 9.74. The second kappa shape index (κ2) is 7.49. The molecule has 1 heterocycles. The summed E-state index contributed by atoms with van der Waals surface area (Å²) >= 11 is 0. The molecule has 1 aliphatic heterocycles. The van der Waals surface area contributed by atoms with E-state index in [1.54, 1.807) is 4.90 Å². The van der Waals surface area contributed by atoms with Crippen molar-refractivity contribution in [2.24, 2.45) is 0 Å². The molecule has 1 saturated heterocycles. The molecule has 1 aromatic rings. The highest BCUT2D eigenvalue weighted by Gasteiger charge is 2.24. The molecule has 2 rings (SSSR count). The van der Waals surface area contributed by atoms with Crippen molar-refractivity contribution in [1.29, 1.82) is 0 Å². The van der Waals surface area contributed by atoms with Gasteiger partial charge in [-0.2, -0.15) is 0 Å². The Balaban J connectivity index is 1.88. The van der Waals surface area contributed by atoms with Crippen molar-refractivity contribution in [3.63, 3.8) is 0 Å². The summed E-state index contributed by atoms with van der Waals surface area (Å²) in [7, 11) is 0. The van der Waals surface area contributed by atoms with Gasteiger partial charge in [0.15, 0.2) is 0 Å². The molecule has 1 fully saturated rings. The number of nitrogens with zero attached hydrogens (tertiary/aromatic N) is 2. The molecule has 0 unspecified atom stereocenters. The molecule has 0 spiro atoms. The minimum Gasteiger partial charge on any atom is -0.341 e. The summed E-state index contributed by atoms with van der Waals surface area (Å²) in [6.07, 6.45) is 1.24. The van der Waals surface area contributed by atoms with Gasteiger partial charge in [-0.25, -0.2) is 4.79 Å². The van der Waals surface area contributed by atoms with Crippen molar-refractivity contribution in [2.45, 2.75) is 39.2 Å². The van der Waals surface area contributed by atoms with Gasteiger partial charge in [-0.05, 0) is 32.8 Å². The Morgan fingerprint density at radius 3 is 2.26 bits per heavy atom. The minimum absolute atomic E-state index is 0.0464. The number of carbonyl (C=O) groups excluding carboxylic acids is 2. The van der Waals surface area contributed by atoms with Crippen molar-refractivity contribution in [1.82, 2.24) is 15.1 Å². The summed E-state index contributed by atoms with van der Waals surface area (Å²) in [5.41, 5.74) is 0.788. The van der Waals surface area contributed by atoms with Crippen LogP contribution in [-0.2, 0) is 11.2 Å². The molecule has 3 amide bonds. The summed E-state index contributed by atoms with van der Waals surface area (Å²) in [6.45, 7) is 8.50. The highest BCUT2D eigenvalue weighted by Crippen LogP contribution is 2.09. The SMILES string of the molecule is CC(C)(C)NC(=O)N1CCCN(C(=O)Cc2ccccc2)CC1. The molecule has 23 heavy (non-hydrogen) atoms. The average molecular weight is 317 g/mol. The van der Waals surface area contributed by atoms with Gasteiger partial charge in [0.05, 0.1) is 6.42 Å². The fraction of sp³-hybridized carbons (Fsp3) is 0.556. The lowest BCUT2D eigenvalue weighted by Crippen LogP contribution is -2.49. The van der Waals surface area contributed by atoms with Crippen LogP contribution >= 0.6 is 0 Å². The van der Waals surface area contributed by atoms with E-state index in [4.69, 9.17) is 0 Å². The Kier molecular flexibility index (Phi) is 5.64. The number of urea groups is 1. The number of amides is 3. The lowest BCUT2D eigenvalue weighted by atomic mass is 10.1. The predicted octanol–water partition coefficient (Wildman–Crippen LogP) is 2.27. The van der Waals surface area contributed by atoms with E-state index in [1.807, 2.05) is 56.0 Å². The number of hydrogen-bond acceptors (Lipinski definition) is 2. The normalized spacial score (nSPS) is 16.0. The van der Waals surface area contributed by atoms with Gasteiger partial charge in [0.25, 0.3) is 0 Å². The van der Waals surface area contributed by atoms with Crippen LogP contribution in [0.5, 0.6) is 0 Å². The second-order valence-electron chi connectivity index (χ2n) is 7.06. The average Bonchev–Trinajstić information content (AvgIpc) is 2.72. The van der Waals surface area contributed by atoms with E-state index >= 15 is 0 Å². The summed E-state index contributed by atoms with van der Waals surface area (Å²) in [5.74, 6) is 0.134. The molecule has 0 atom stereocenters. The Morgan fingerprint density at radius 1 is 1.00 bits per heavy atom. The van der Waals surface area contributed by atoms with Crippen molar-refractivity contribution < 1.29 is 9.59 Å². The van der Waals surface area contributed by atoms with Gasteiger partial charge < -0.3 is 15.1 Å². The Bertz CT molecular complexity index is 537. The zero-order chi connectivity index (χ0) is 16.9. The standard InChI is InChI=1S/C18H27N3O2/c1-18(2,3)19-17(23)21-11-7-10-20(12-13-21)16(22)14-15-8-5-4-6-9-15/h4-6,8-9H,7,10-14H2,1-3H3,(H,19,23). The van der Waals surface area contributed by atoms with Gasteiger partial charge in [0.1, 0.15) is 0 Å². The first kappa shape index (κ1) is 17.3. The number of benzene rings is 1. The van der Waals surface area contributed by atoms with Gasteiger partial charge in [-0.15, -0.1) is 0 Å². The fourth-order valence-corrected chi connectivity index (χ4v) is 2.65. The van der Waals surface area contributed by atoms with Crippen LogP contribution < -0.4 is 5.32 Å². The number of nitrogens with one attached hydrogen (secondary N) is 1. The topological polar surface area (TPSA) is 52.7 Å². The van der Waals surface area contributed by atoms with Crippen LogP contribution in [0.2, 0.25) is 0 Å². The Morgan fingerprint density at radius 2 is 1.61 bits per heavy atom. The van der Waals surface area contributed by atoms with Crippen LogP contribution in [0.1, 0.15) is 32.8 Å².